The molecular weight excluding hydrogens is 325 g/mol. The van der Waals surface area contributed by atoms with Gasteiger partial charge in [-0.3, -0.25) is 4.98 Å². The largest absolute Gasteiger partial charge is 0.261 e. The maximum atomic E-state index is 12.9. The maximum Gasteiger partial charge on any atom is 0.160 e. The molecule has 0 atom stereocenters. The van der Waals surface area contributed by atoms with Gasteiger partial charge in [0.05, 0.1) is 0 Å². The first-order valence-electron chi connectivity index (χ1n) is 9.25. The molecule has 26 heavy (non-hydrogen) atoms. The van der Waals surface area contributed by atoms with Gasteiger partial charge in [0.15, 0.2) is 5.82 Å². The Labute approximate surface area is 154 Å². The molecule has 0 unspecified atom stereocenters. The number of pyridine rings is 1. The molecule has 134 valence electrons. The van der Waals surface area contributed by atoms with Crippen LogP contribution in [0.2, 0.25) is 0 Å². The van der Waals surface area contributed by atoms with E-state index in [1.54, 1.807) is 0 Å². The second kappa shape index (κ2) is 9.18. The number of rotatable bonds is 8. The molecule has 0 saturated carbocycles. The number of aromatic nitrogens is 3. The molecule has 0 saturated heterocycles. The standard InChI is InChI=1S/C22H24FN3/c1-2-3-4-5-18-14-25-22(26-15-18)19-9-13-21(24-16-19)12-8-17-6-10-20(23)11-7-17/h6-7,9-11,13-16H,2-5,8,12H2,1H3. The monoisotopic (exact) mass is 349 g/mol. The Bertz CT molecular complexity index is 796. The maximum absolute atomic E-state index is 12.9. The molecule has 3 aromatic rings. The third-order valence-corrected chi connectivity index (χ3v) is 4.44. The van der Waals surface area contributed by atoms with E-state index < -0.39 is 0 Å². The minimum atomic E-state index is -0.201. The van der Waals surface area contributed by atoms with E-state index in [-0.39, 0.29) is 5.82 Å². The third kappa shape index (κ3) is 5.19. The van der Waals surface area contributed by atoms with Crippen molar-refractivity contribution in [3.63, 3.8) is 0 Å². The third-order valence-electron chi connectivity index (χ3n) is 4.44. The molecule has 1 aromatic carbocycles. The lowest BCUT2D eigenvalue weighted by Gasteiger charge is -2.05. The van der Waals surface area contributed by atoms with Crippen molar-refractivity contribution in [3.8, 4) is 11.4 Å². The van der Waals surface area contributed by atoms with Gasteiger partial charge in [-0.1, -0.05) is 31.9 Å². The van der Waals surface area contributed by atoms with Crippen molar-refractivity contribution < 1.29 is 4.39 Å². The molecule has 0 fully saturated rings. The van der Waals surface area contributed by atoms with E-state index >= 15 is 0 Å². The Kier molecular flexibility index (Phi) is 6.42. The molecule has 0 spiro atoms. The number of hydrogen-bond donors (Lipinski definition) is 0. The Morgan fingerprint density at radius 1 is 0.731 bits per heavy atom. The molecule has 3 rings (SSSR count). The number of benzene rings is 1. The van der Waals surface area contributed by atoms with Crippen LogP contribution in [0.25, 0.3) is 11.4 Å². The van der Waals surface area contributed by atoms with Crippen LogP contribution in [-0.2, 0) is 19.3 Å². The molecule has 2 heterocycles. The van der Waals surface area contributed by atoms with E-state index in [1.165, 1.54) is 37.0 Å². The second-order valence-corrected chi connectivity index (χ2v) is 6.54. The molecule has 4 heteroatoms. The SMILES string of the molecule is CCCCCc1cnc(-c2ccc(CCc3ccc(F)cc3)nc2)nc1. The van der Waals surface area contributed by atoms with E-state index in [1.807, 2.05) is 42.9 Å². The fourth-order valence-corrected chi connectivity index (χ4v) is 2.84. The Hall–Kier alpha value is -2.62. The highest BCUT2D eigenvalue weighted by Crippen LogP contribution is 2.15. The zero-order valence-electron chi connectivity index (χ0n) is 15.2. The molecule has 0 amide bonds. The predicted octanol–water partition coefficient (Wildman–Crippen LogP) is 5.20. The van der Waals surface area contributed by atoms with E-state index in [0.29, 0.717) is 5.82 Å². The average molecular weight is 349 g/mol. The van der Waals surface area contributed by atoms with Gasteiger partial charge in [0.1, 0.15) is 5.82 Å². The van der Waals surface area contributed by atoms with Crippen LogP contribution in [0.5, 0.6) is 0 Å². The molecular formula is C22H24FN3. The lowest BCUT2D eigenvalue weighted by atomic mass is 10.1. The van der Waals surface area contributed by atoms with Crippen LogP contribution in [0.15, 0.2) is 55.0 Å². The topological polar surface area (TPSA) is 38.7 Å². The Morgan fingerprint density at radius 2 is 1.50 bits per heavy atom. The van der Waals surface area contributed by atoms with Crippen molar-refractivity contribution in [1.29, 1.82) is 0 Å². The smallest absolute Gasteiger partial charge is 0.160 e. The molecule has 0 radical (unpaired) electrons. The summed E-state index contributed by atoms with van der Waals surface area (Å²) in [5, 5.41) is 0. The van der Waals surface area contributed by atoms with Gasteiger partial charge in [-0.05, 0) is 61.1 Å². The van der Waals surface area contributed by atoms with Crippen LogP contribution >= 0.6 is 0 Å². The minimum absolute atomic E-state index is 0.201. The summed E-state index contributed by atoms with van der Waals surface area (Å²) in [6.07, 6.45) is 12.0. The highest BCUT2D eigenvalue weighted by molar-refractivity contribution is 5.53. The first-order valence-corrected chi connectivity index (χ1v) is 9.25. The van der Waals surface area contributed by atoms with E-state index in [2.05, 4.69) is 21.9 Å². The highest BCUT2D eigenvalue weighted by atomic mass is 19.1. The van der Waals surface area contributed by atoms with Gasteiger partial charge in [-0.2, -0.15) is 0 Å². The van der Waals surface area contributed by atoms with Gasteiger partial charge in [-0.25, -0.2) is 14.4 Å². The lowest BCUT2D eigenvalue weighted by Crippen LogP contribution is -1.97. The fraction of sp³-hybridized carbons (Fsp3) is 0.318. The quantitative estimate of drug-likeness (QED) is 0.525. The predicted molar refractivity (Wildman–Crippen MR) is 102 cm³/mol. The summed E-state index contributed by atoms with van der Waals surface area (Å²) in [6, 6.07) is 10.7. The highest BCUT2D eigenvalue weighted by Gasteiger charge is 2.04. The summed E-state index contributed by atoms with van der Waals surface area (Å²) >= 11 is 0. The summed E-state index contributed by atoms with van der Waals surface area (Å²) in [4.78, 5) is 13.5. The van der Waals surface area contributed by atoms with Gasteiger partial charge in [0.25, 0.3) is 0 Å². The van der Waals surface area contributed by atoms with Gasteiger partial charge in [0, 0.05) is 29.8 Å². The average Bonchev–Trinajstić information content (AvgIpc) is 2.69. The summed E-state index contributed by atoms with van der Waals surface area (Å²) in [7, 11) is 0. The number of hydrogen-bond acceptors (Lipinski definition) is 3. The van der Waals surface area contributed by atoms with E-state index in [9.17, 15) is 4.39 Å². The zero-order chi connectivity index (χ0) is 18.2. The van der Waals surface area contributed by atoms with E-state index in [4.69, 9.17) is 0 Å². The van der Waals surface area contributed by atoms with Crippen LogP contribution in [-0.4, -0.2) is 15.0 Å². The number of halogens is 1. The number of nitrogens with zero attached hydrogens (tertiary/aromatic N) is 3. The first kappa shape index (κ1) is 18.2. The van der Waals surface area contributed by atoms with Gasteiger partial charge in [0.2, 0.25) is 0 Å². The number of unbranched alkanes of at least 4 members (excludes halogenated alkanes) is 2. The Morgan fingerprint density at radius 3 is 2.15 bits per heavy atom. The fourth-order valence-electron chi connectivity index (χ4n) is 2.84. The molecule has 0 aliphatic rings. The van der Waals surface area contributed by atoms with Crippen LogP contribution in [0.3, 0.4) is 0 Å². The minimum Gasteiger partial charge on any atom is -0.261 e. The number of aryl methyl sites for hydroxylation is 3. The van der Waals surface area contributed by atoms with Crippen molar-refractivity contribution in [1.82, 2.24) is 15.0 Å². The van der Waals surface area contributed by atoms with Gasteiger partial charge < -0.3 is 0 Å². The molecule has 3 nitrogen and oxygen atoms in total. The van der Waals surface area contributed by atoms with Crippen molar-refractivity contribution >= 4 is 0 Å². The summed E-state index contributed by atoms with van der Waals surface area (Å²) in [6.45, 7) is 2.20. The molecule has 0 N–H and O–H groups in total. The molecule has 0 bridgehead atoms. The van der Waals surface area contributed by atoms with Crippen LogP contribution in [0.4, 0.5) is 4.39 Å². The zero-order valence-corrected chi connectivity index (χ0v) is 15.2. The van der Waals surface area contributed by atoms with Crippen LogP contribution in [0.1, 0.15) is 43.0 Å². The van der Waals surface area contributed by atoms with Gasteiger partial charge >= 0.3 is 0 Å². The van der Waals surface area contributed by atoms with Crippen LogP contribution in [0, 0.1) is 5.82 Å². The van der Waals surface area contributed by atoms with Crippen molar-refractivity contribution in [2.24, 2.45) is 0 Å². The van der Waals surface area contributed by atoms with Gasteiger partial charge in [-0.15, -0.1) is 0 Å². The second-order valence-electron chi connectivity index (χ2n) is 6.54. The molecule has 2 aromatic heterocycles. The van der Waals surface area contributed by atoms with Crippen molar-refractivity contribution in [2.75, 3.05) is 0 Å². The molecule has 0 aliphatic carbocycles. The van der Waals surface area contributed by atoms with Crippen molar-refractivity contribution in [2.45, 2.75) is 45.4 Å². The normalized spacial score (nSPS) is 10.8. The Balaban J connectivity index is 1.57. The van der Waals surface area contributed by atoms with Crippen LogP contribution < -0.4 is 0 Å². The lowest BCUT2D eigenvalue weighted by molar-refractivity contribution is 0.627. The summed E-state index contributed by atoms with van der Waals surface area (Å²) < 4.78 is 12.9. The van der Waals surface area contributed by atoms with Crippen molar-refractivity contribution in [3.05, 3.63) is 77.6 Å². The van der Waals surface area contributed by atoms with E-state index in [0.717, 1.165) is 36.1 Å². The summed E-state index contributed by atoms with van der Waals surface area (Å²) in [5.41, 5.74) is 4.23. The summed E-state index contributed by atoms with van der Waals surface area (Å²) in [5.74, 6) is 0.509. The first-order chi connectivity index (χ1) is 12.7. The molecule has 0 aliphatic heterocycles.